The minimum absolute atomic E-state index is 0.0934. The molecule has 1 fully saturated rings. The summed E-state index contributed by atoms with van der Waals surface area (Å²) in [5.41, 5.74) is 0.211. The van der Waals surface area contributed by atoms with Crippen molar-refractivity contribution in [2.45, 2.75) is 32.3 Å². The monoisotopic (exact) mass is 305 g/mol. The van der Waals surface area contributed by atoms with Gasteiger partial charge in [-0.05, 0) is 36.0 Å². The summed E-state index contributed by atoms with van der Waals surface area (Å²) in [5, 5.41) is 0. The topological polar surface area (TPSA) is 3.24 Å². The molecule has 0 N–H and O–H groups in total. The molecule has 0 aromatic heterocycles. The molecular formula is C15H19ClF3N. The lowest BCUT2D eigenvalue weighted by atomic mass is 9.91. The zero-order valence-corrected chi connectivity index (χ0v) is 12.4. The quantitative estimate of drug-likeness (QED) is 0.701. The molecule has 0 spiro atoms. The highest BCUT2D eigenvalue weighted by molar-refractivity contribution is 6.17. The molecule has 1 nitrogen and oxygen atoms in total. The summed E-state index contributed by atoms with van der Waals surface area (Å²) in [6.07, 6.45) is -3.28. The average molecular weight is 306 g/mol. The summed E-state index contributed by atoms with van der Waals surface area (Å²) < 4.78 is 39.7. The van der Waals surface area contributed by atoms with E-state index in [1.54, 1.807) is 12.1 Å². The number of benzene rings is 1. The van der Waals surface area contributed by atoms with Crippen molar-refractivity contribution in [1.82, 2.24) is 0 Å². The Kier molecular flexibility index (Phi) is 4.52. The van der Waals surface area contributed by atoms with Gasteiger partial charge in [0.05, 0.1) is 5.56 Å². The number of alkyl halides is 4. The van der Waals surface area contributed by atoms with Crippen molar-refractivity contribution in [3.8, 4) is 0 Å². The van der Waals surface area contributed by atoms with Crippen LogP contribution in [0.3, 0.4) is 0 Å². The maximum absolute atomic E-state index is 13.2. The van der Waals surface area contributed by atoms with E-state index < -0.39 is 11.7 Å². The van der Waals surface area contributed by atoms with Gasteiger partial charge in [0, 0.05) is 24.7 Å². The molecule has 0 amide bonds. The highest BCUT2D eigenvalue weighted by atomic mass is 35.5. The molecule has 0 saturated carbocycles. The van der Waals surface area contributed by atoms with Crippen molar-refractivity contribution < 1.29 is 13.2 Å². The molecule has 2 atom stereocenters. The number of hydrogen-bond acceptors (Lipinski definition) is 1. The Morgan fingerprint density at radius 3 is 2.30 bits per heavy atom. The molecule has 0 aliphatic carbocycles. The summed E-state index contributed by atoms with van der Waals surface area (Å²) >= 11 is 5.65. The van der Waals surface area contributed by atoms with Gasteiger partial charge in [-0.1, -0.05) is 19.9 Å². The van der Waals surface area contributed by atoms with E-state index in [1.165, 1.54) is 6.07 Å². The predicted molar refractivity (Wildman–Crippen MR) is 76.2 cm³/mol. The fourth-order valence-electron chi connectivity index (χ4n) is 3.03. The lowest BCUT2D eigenvalue weighted by Gasteiger charge is -2.38. The Morgan fingerprint density at radius 2 is 1.80 bits per heavy atom. The molecular weight excluding hydrogens is 287 g/mol. The smallest absolute Gasteiger partial charge is 0.371 e. The van der Waals surface area contributed by atoms with E-state index in [-0.39, 0.29) is 11.6 Å². The van der Waals surface area contributed by atoms with Crippen molar-refractivity contribution in [1.29, 1.82) is 0 Å². The maximum atomic E-state index is 13.2. The Labute approximate surface area is 122 Å². The first-order chi connectivity index (χ1) is 9.31. The Balaban J connectivity index is 2.40. The van der Waals surface area contributed by atoms with Crippen LogP contribution in [0.1, 0.15) is 31.4 Å². The van der Waals surface area contributed by atoms with Gasteiger partial charge in [0.25, 0.3) is 0 Å². The fourth-order valence-corrected chi connectivity index (χ4v) is 3.19. The van der Waals surface area contributed by atoms with Crippen molar-refractivity contribution in [3.63, 3.8) is 0 Å². The van der Waals surface area contributed by atoms with Crippen molar-refractivity contribution >= 4 is 17.3 Å². The van der Waals surface area contributed by atoms with E-state index in [9.17, 15) is 13.2 Å². The predicted octanol–water partition coefficient (Wildman–Crippen LogP) is 4.93. The highest BCUT2D eigenvalue weighted by Crippen LogP contribution is 2.39. The van der Waals surface area contributed by atoms with E-state index in [0.29, 0.717) is 30.5 Å². The SMILES string of the molecule is CC1CC(C)CN(c2ccc(CCl)cc2C(F)(F)F)C1. The van der Waals surface area contributed by atoms with Gasteiger partial charge in [0.2, 0.25) is 0 Å². The lowest BCUT2D eigenvalue weighted by Crippen LogP contribution is -2.39. The van der Waals surface area contributed by atoms with Gasteiger partial charge in [-0.3, -0.25) is 0 Å². The third-order valence-corrected chi connectivity index (χ3v) is 4.04. The number of halogens is 4. The zero-order chi connectivity index (χ0) is 14.9. The first kappa shape index (κ1) is 15.5. The van der Waals surface area contributed by atoms with Crippen LogP contribution >= 0.6 is 11.6 Å². The number of nitrogens with zero attached hydrogens (tertiary/aromatic N) is 1. The molecule has 2 rings (SSSR count). The third kappa shape index (κ3) is 3.40. The molecule has 1 saturated heterocycles. The van der Waals surface area contributed by atoms with Crippen molar-refractivity contribution in [2.75, 3.05) is 18.0 Å². The Hall–Kier alpha value is -0.900. The number of hydrogen-bond donors (Lipinski definition) is 0. The summed E-state index contributed by atoms with van der Waals surface area (Å²) in [4.78, 5) is 1.86. The maximum Gasteiger partial charge on any atom is 0.418 e. The molecule has 2 unspecified atom stereocenters. The van der Waals surface area contributed by atoms with E-state index >= 15 is 0 Å². The second-order valence-electron chi connectivity index (χ2n) is 5.83. The van der Waals surface area contributed by atoms with Gasteiger partial charge in [-0.25, -0.2) is 0 Å². The van der Waals surface area contributed by atoms with E-state index in [1.807, 2.05) is 4.90 Å². The van der Waals surface area contributed by atoms with Crippen LogP contribution in [0, 0.1) is 11.8 Å². The van der Waals surface area contributed by atoms with E-state index in [0.717, 1.165) is 6.42 Å². The molecule has 1 aromatic carbocycles. The van der Waals surface area contributed by atoms with Crippen LogP contribution in [0.25, 0.3) is 0 Å². The molecule has 0 radical (unpaired) electrons. The summed E-state index contributed by atoms with van der Waals surface area (Å²) in [7, 11) is 0. The van der Waals surface area contributed by atoms with Crippen molar-refractivity contribution in [3.05, 3.63) is 29.3 Å². The largest absolute Gasteiger partial charge is 0.418 e. The van der Waals surface area contributed by atoms with Crippen LogP contribution in [0.2, 0.25) is 0 Å². The highest BCUT2D eigenvalue weighted by Gasteiger charge is 2.36. The number of rotatable bonds is 2. The van der Waals surface area contributed by atoms with Crippen LogP contribution in [0.15, 0.2) is 18.2 Å². The molecule has 1 heterocycles. The van der Waals surface area contributed by atoms with Gasteiger partial charge < -0.3 is 4.90 Å². The van der Waals surface area contributed by atoms with Gasteiger partial charge in [0.15, 0.2) is 0 Å². The molecule has 0 bridgehead atoms. The first-order valence-electron chi connectivity index (χ1n) is 6.82. The fraction of sp³-hybridized carbons (Fsp3) is 0.600. The molecule has 5 heteroatoms. The van der Waals surface area contributed by atoms with Gasteiger partial charge in [-0.2, -0.15) is 13.2 Å². The normalized spacial score (nSPS) is 24.0. The number of piperidine rings is 1. The summed E-state index contributed by atoms with van der Waals surface area (Å²) in [6, 6.07) is 4.42. The average Bonchev–Trinajstić information content (AvgIpc) is 2.35. The zero-order valence-electron chi connectivity index (χ0n) is 11.7. The Bertz CT molecular complexity index is 463. The van der Waals surface area contributed by atoms with Crippen LogP contribution in [-0.2, 0) is 12.1 Å². The standard InChI is InChI=1S/C15H19ClF3N/c1-10-5-11(2)9-20(8-10)14-4-3-12(7-16)6-13(14)15(17,18)19/h3-4,6,10-11H,5,7-9H2,1-2H3. The van der Waals surface area contributed by atoms with Gasteiger partial charge >= 0.3 is 6.18 Å². The van der Waals surface area contributed by atoms with Crippen molar-refractivity contribution in [2.24, 2.45) is 11.8 Å². The molecule has 1 aliphatic heterocycles. The van der Waals surface area contributed by atoms with Gasteiger partial charge in [0.1, 0.15) is 0 Å². The summed E-state index contributed by atoms with van der Waals surface area (Å²) in [5.74, 6) is 0.913. The molecule has 1 aromatic rings. The van der Waals surface area contributed by atoms with Gasteiger partial charge in [-0.15, -0.1) is 11.6 Å². The van der Waals surface area contributed by atoms with E-state index in [4.69, 9.17) is 11.6 Å². The minimum Gasteiger partial charge on any atom is -0.371 e. The molecule has 20 heavy (non-hydrogen) atoms. The van der Waals surface area contributed by atoms with E-state index in [2.05, 4.69) is 13.8 Å². The molecule has 112 valence electrons. The lowest BCUT2D eigenvalue weighted by molar-refractivity contribution is -0.137. The first-order valence-corrected chi connectivity index (χ1v) is 7.35. The third-order valence-electron chi connectivity index (χ3n) is 3.73. The van der Waals surface area contributed by atoms with Crippen LogP contribution < -0.4 is 4.90 Å². The number of anilines is 1. The Morgan fingerprint density at radius 1 is 1.20 bits per heavy atom. The van der Waals surface area contributed by atoms with Crippen LogP contribution in [0.5, 0.6) is 0 Å². The minimum atomic E-state index is -4.35. The van der Waals surface area contributed by atoms with Crippen LogP contribution in [-0.4, -0.2) is 13.1 Å². The second kappa shape index (κ2) is 5.84. The second-order valence-corrected chi connectivity index (χ2v) is 6.10. The molecule has 1 aliphatic rings. The summed E-state index contributed by atoms with van der Waals surface area (Å²) in [6.45, 7) is 5.52. The van der Waals surface area contributed by atoms with Crippen LogP contribution in [0.4, 0.5) is 18.9 Å².